The topological polar surface area (TPSA) is 50.4 Å². The van der Waals surface area contributed by atoms with Crippen molar-refractivity contribution in [3.63, 3.8) is 0 Å². The van der Waals surface area contributed by atoms with Gasteiger partial charge in [0.1, 0.15) is 12.0 Å². The summed E-state index contributed by atoms with van der Waals surface area (Å²) in [5, 5.41) is 8.80. The van der Waals surface area contributed by atoms with Gasteiger partial charge in [-0.3, -0.25) is 4.79 Å². The molecule has 0 saturated heterocycles. The van der Waals surface area contributed by atoms with Crippen molar-refractivity contribution in [1.29, 1.82) is 0 Å². The average Bonchev–Trinajstić information content (AvgIpc) is 1.98. The lowest BCUT2D eigenvalue weighted by Gasteiger charge is -1.95. The van der Waals surface area contributed by atoms with E-state index >= 15 is 0 Å². The Bertz CT molecular complexity index is 292. The molecular weight excluding hydrogens is 164 g/mol. The zero-order valence-corrected chi connectivity index (χ0v) is 6.85. The molecule has 0 saturated carbocycles. The van der Waals surface area contributed by atoms with E-state index in [2.05, 4.69) is 0 Å². The lowest BCUT2D eigenvalue weighted by molar-refractivity contribution is 0.419. The fourth-order valence-electron chi connectivity index (χ4n) is 0.662. The first-order valence-corrected chi connectivity index (χ1v) is 4.43. The second-order valence-electron chi connectivity index (χ2n) is 2.03. The first-order chi connectivity index (χ1) is 5.24. The summed E-state index contributed by atoms with van der Waals surface area (Å²) in [6.45, 7) is 0. The van der Waals surface area contributed by atoms with Crippen LogP contribution < -0.4 is 5.43 Å². The highest BCUT2D eigenvalue weighted by atomic mass is 32.2. The van der Waals surface area contributed by atoms with E-state index < -0.39 is 0 Å². The SMILES string of the molecule is CSCc1cc(=O)c(O)co1. The summed E-state index contributed by atoms with van der Waals surface area (Å²) in [4.78, 5) is 10.8. The summed E-state index contributed by atoms with van der Waals surface area (Å²) >= 11 is 1.56. The van der Waals surface area contributed by atoms with Crippen molar-refractivity contribution in [3.05, 3.63) is 28.3 Å². The van der Waals surface area contributed by atoms with Crippen LogP contribution in [-0.2, 0) is 5.75 Å². The molecule has 11 heavy (non-hydrogen) atoms. The molecule has 0 amide bonds. The van der Waals surface area contributed by atoms with Crippen molar-refractivity contribution in [2.45, 2.75) is 5.75 Å². The minimum atomic E-state index is -0.389. The highest BCUT2D eigenvalue weighted by Crippen LogP contribution is 2.09. The molecule has 1 heterocycles. The summed E-state index contributed by atoms with van der Waals surface area (Å²) in [7, 11) is 0. The average molecular weight is 172 g/mol. The first kappa shape index (κ1) is 8.20. The molecule has 3 nitrogen and oxygen atoms in total. The van der Waals surface area contributed by atoms with Gasteiger partial charge in [0.25, 0.3) is 0 Å². The molecule has 4 heteroatoms. The predicted octanol–water partition coefficient (Wildman–Crippen LogP) is 1.21. The summed E-state index contributed by atoms with van der Waals surface area (Å²) < 4.78 is 4.91. The van der Waals surface area contributed by atoms with Crippen LogP contribution in [0.3, 0.4) is 0 Å². The van der Waals surface area contributed by atoms with Crippen molar-refractivity contribution >= 4 is 11.8 Å². The van der Waals surface area contributed by atoms with Crippen LogP contribution in [0.4, 0.5) is 0 Å². The summed E-state index contributed by atoms with van der Waals surface area (Å²) in [5.74, 6) is 0.894. The van der Waals surface area contributed by atoms with E-state index in [1.807, 2.05) is 6.26 Å². The Labute approximate surface area is 68.0 Å². The van der Waals surface area contributed by atoms with Gasteiger partial charge in [-0.15, -0.1) is 0 Å². The smallest absolute Gasteiger partial charge is 0.226 e. The van der Waals surface area contributed by atoms with Gasteiger partial charge >= 0.3 is 0 Å². The van der Waals surface area contributed by atoms with Crippen LogP contribution in [-0.4, -0.2) is 11.4 Å². The Morgan fingerprint density at radius 1 is 1.73 bits per heavy atom. The Morgan fingerprint density at radius 3 is 3.00 bits per heavy atom. The molecule has 60 valence electrons. The van der Waals surface area contributed by atoms with Crippen LogP contribution in [0.2, 0.25) is 0 Å². The van der Waals surface area contributed by atoms with Crippen LogP contribution in [0.1, 0.15) is 5.76 Å². The van der Waals surface area contributed by atoms with Crippen molar-refractivity contribution in [2.75, 3.05) is 6.26 Å². The molecule has 0 unspecified atom stereocenters. The van der Waals surface area contributed by atoms with E-state index in [1.165, 1.54) is 6.07 Å². The number of rotatable bonds is 2. The molecule has 0 aliphatic heterocycles. The fourth-order valence-corrected chi connectivity index (χ4v) is 1.10. The summed E-state index contributed by atoms with van der Waals surface area (Å²) in [6, 6.07) is 1.30. The van der Waals surface area contributed by atoms with Crippen LogP contribution >= 0.6 is 11.8 Å². The summed E-state index contributed by atoms with van der Waals surface area (Å²) in [5.41, 5.74) is -0.389. The standard InChI is InChI=1S/C7H8O3S/c1-11-4-5-2-6(8)7(9)3-10-5/h2-3,9H,4H2,1H3. The number of aromatic hydroxyl groups is 1. The molecule has 0 aliphatic carbocycles. The van der Waals surface area contributed by atoms with Crippen molar-refractivity contribution in [2.24, 2.45) is 0 Å². The largest absolute Gasteiger partial charge is 0.502 e. The quantitative estimate of drug-likeness (QED) is 0.728. The fraction of sp³-hybridized carbons (Fsp3) is 0.286. The normalized spacial score (nSPS) is 9.91. The van der Waals surface area contributed by atoms with Gasteiger partial charge in [0.15, 0.2) is 5.75 Å². The highest BCUT2D eigenvalue weighted by molar-refractivity contribution is 7.97. The summed E-state index contributed by atoms with van der Waals surface area (Å²) in [6.07, 6.45) is 2.97. The maximum atomic E-state index is 10.8. The predicted molar refractivity (Wildman–Crippen MR) is 43.9 cm³/mol. The van der Waals surface area contributed by atoms with Gasteiger partial charge in [-0.05, 0) is 6.26 Å². The van der Waals surface area contributed by atoms with Crippen LogP contribution in [0.15, 0.2) is 21.5 Å². The van der Waals surface area contributed by atoms with Crippen LogP contribution in [0.25, 0.3) is 0 Å². The minimum Gasteiger partial charge on any atom is -0.502 e. The molecule has 1 aromatic rings. The highest BCUT2D eigenvalue weighted by Gasteiger charge is 1.99. The van der Waals surface area contributed by atoms with E-state index in [-0.39, 0.29) is 11.2 Å². The lowest BCUT2D eigenvalue weighted by Crippen LogP contribution is -1.98. The van der Waals surface area contributed by atoms with E-state index in [0.29, 0.717) is 11.5 Å². The minimum absolute atomic E-state index is 0.338. The number of thioether (sulfide) groups is 1. The van der Waals surface area contributed by atoms with E-state index in [9.17, 15) is 4.79 Å². The molecule has 1 N–H and O–H groups in total. The Balaban J connectivity index is 2.96. The molecule has 0 aliphatic rings. The molecule has 1 rings (SSSR count). The molecular formula is C7H8O3S. The van der Waals surface area contributed by atoms with Gasteiger partial charge in [-0.25, -0.2) is 0 Å². The first-order valence-electron chi connectivity index (χ1n) is 3.03. The Kier molecular flexibility index (Phi) is 2.59. The van der Waals surface area contributed by atoms with Crippen molar-refractivity contribution < 1.29 is 9.52 Å². The van der Waals surface area contributed by atoms with Gasteiger partial charge in [0.05, 0.1) is 5.75 Å². The second-order valence-corrected chi connectivity index (χ2v) is 2.89. The second kappa shape index (κ2) is 3.48. The van der Waals surface area contributed by atoms with Gasteiger partial charge < -0.3 is 9.52 Å². The van der Waals surface area contributed by atoms with E-state index in [4.69, 9.17) is 9.52 Å². The molecule has 0 fully saturated rings. The molecule has 0 radical (unpaired) electrons. The maximum Gasteiger partial charge on any atom is 0.226 e. The zero-order valence-electron chi connectivity index (χ0n) is 6.03. The third-order valence-electron chi connectivity index (χ3n) is 1.15. The molecule has 0 bridgehead atoms. The van der Waals surface area contributed by atoms with E-state index in [0.717, 1.165) is 6.26 Å². The zero-order chi connectivity index (χ0) is 8.27. The van der Waals surface area contributed by atoms with Crippen LogP contribution in [0.5, 0.6) is 5.75 Å². The van der Waals surface area contributed by atoms with Gasteiger partial charge in [0.2, 0.25) is 5.43 Å². The lowest BCUT2D eigenvalue weighted by atomic mass is 10.4. The monoisotopic (exact) mass is 172 g/mol. The number of hydrogen-bond donors (Lipinski definition) is 1. The van der Waals surface area contributed by atoms with Gasteiger partial charge in [-0.1, -0.05) is 0 Å². The molecule has 0 spiro atoms. The van der Waals surface area contributed by atoms with Crippen molar-refractivity contribution in [3.8, 4) is 5.75 Å². The molecule has 0 atom stereocenters. The third-order valence-corrected chi connectivity index (χ3v) is 1.73. The van der Waals surface area contributed by atoms with Gasteiger partial charge in [0, 0.05) is 6.07 Å². The van der Waals surface area contributed by atoms with E-state index in [1.54, 1.807) is 11.8 Å². The Hall–Kier alpha value is -0.900. The number of hydrogen-bond acceptors (Lipinski definition) is 4. The van der Waals surface area contributed by atoms with Crippen molar-refractivity contribution in [1.82, 2.24) is 0 Å². The van der Waals surface area contributed by atoms with Crippen LogP contribution in [0, 0.1) is 0 Å². The Morgan fingerprint density at radius 2 is 2.45 bits per heavy atom. The third kappa shape index (κ3) is 2.01. The molecule has 0 aromatic carbocycles. The maximum absolute atomic E-state index is 10.8. The van der Waals surface area contributed by atoms with Gasteiger partial charge in [-0.2, -0.15) is 11.8 Å². The molecule has 1 aromatic heterocycles.